The molecule has 0 radical (unpaired) electrons. The number of aryl methyl sites for hydroxylation is 1. The fourth-order valence-corrected chi connectivity index (χ4v) is 2.82. The Morgan fingerprint density at radius 1 is 1.32 bits per heavy atom. The highest BCUT2D eigenvalue weighted by Gasteiger charge is 2.10. The molecule has 7 heteroatoms. The molecule has 22 heavy (non-hydrogen) atoms. The minimum absolute atomic E-state index is 0.0865. The molecule has 0 aliphatic carbocycles. The van der Waals surface area contributed by atoms with E-state index in [1.807, 2.05) is 6.92 Å². The zero-order valence-electron chi connectivity index (χ0n) is 12.0. The van der Waals surface area contributed by atoms with Gasteiger partial charge in [-0.1, -0.05) is 29.5 Å². The molecule has 0 atom stereocenters. The summed E-state index contributed by atoms with van der Waals surface area (Å²) in [6.45, 7) is 2.12. The SMILES string of the molecule is Cc1csc(=O)n1CCC(=O)Nc1ccccc1CC(=O)O. The van der Waals surface area contributed by atoms with Gasteiger partial charge in [-0.25, -0.2) is 0 Å². The quantitative estimate of drug-likeness (QED) is 0.850. The van der Waals surface area contributed by atoms with Gasteiger partial charge in [-0.3, -0.25) is 14.4 Å². The highest BCUT2D eigenvalue weighted by molar-refractivity contribution is 7.07. The maximum absolute atomic E-state index is 12.0. The number of hydrogen-bond acceptors (Lipinski definition) is 4. The second-order valence-electron chi connectivity index (χ2n) is 4.82. The average Bonchev–Trinajstić information content (AvgIpc) is 2.77. The van der Waals surface area contributed by atoms with Gasteiger partial charge in [-0.05, 0) is 18.6 Å². The van der Waals surface area contributed by atoms with Crippen LogP contribution >= 0.6 is 11.3 Å². The highest BCUT2D eigenvalue weighted by Crippen LogP contribution is 2.16. The van der Waals surface area contributed by atoms with Crippen LogP contribution < -0.4 is 10.2 Å². The first-order valence-electron chi connectivity index (χ1n) is 6.72. The normalized spacial score (nSPS) is 10.4. The number of aromatic nitrogens is 1. The van der Waals surface area contributed by atoms with Gasteiger partial charge in [0.15, 0.2) is 0 Å². The molecule has 0 saturated heterocycles. The van der Waals surface area contributed by atoms with Crippen molar-refractivity contribution in [2.45, 2.75) is 26.3 Å². The Bertz CT molecular complexity index is 748. The lowest BCUT2D eigenvalue weighted by atomic mass is 10.1. The molecule has 116 valence electrons. The zero-order valence-corrected chi connectivity index (χ0v) is 12.9. The summed E-state index contributed by atoms with van der Waals surface area (Å²) in [5.41, 5.74) is 1.87. The molecule has 1 heterocycles. The molecule has 1 amide bonds. The number of carboxylic acid groups (broad SMARTS) is 1. The number of rotatable bonds is 6. The van der Waals surface area contributed by atoms with Gasteiger partial charge >= 0.3 is 10.8 Å². The van der Waals surface area contributed by atoms with Crippen LogP contribution in [0.5, 0.6) is 0 Å². The van der Waals surface area contributed by atoms with E-state index >= 15 is 0 Å². The van der Waals surface area contributed by atoms with Crippen LogP contribution in [0.3, 0.4) is 0 Å². The Labute approximate surface area is 131 Å². The standard InChI is InChI=1S/C15H16N2O4S/c1-10-9-22-15(21)17(10)7-6-13(18)16-12-5-3-2-4-11(12)8-14(19)20/h2-5,9H,6-8H2,1H3,(H,16,18)(H,19,20). The van der Waals surface area contributed by atoms with Gasteiger partial charge in [0.05, 0.1) is 6.42 Å². The Morgan fingerprint density at radius 3 is 2.68 bits per heavy atom. The minimum atomic E-state index is -0.956. The summed E-state index contributed by atoms with van der Waals surface area (Å²) in [5.74, 6) is -1.21. The molecule has 0 aliphatic heterocycles. The van der Waals surface area contributed by atoms with E-state index in [4.69, 9.17) is 5.11 Å². The lowest BCUT2D eigenvalue weighted by Crippen LogP contribution is -2.20. The van der Waals surface area contributed by atoms with Crippen molar-refractivity contribution in [2.75, 3.05) is 5.32 Å². The largest absolute Gasteiger partial charge is 0.481 e. The van der Waals surface area contributed by atoms with Crippen molar-refractivity contribution in [3.05, 3.63) is 50.6 Å². The minimum Gasteiger partial charge on any atom is -0.481 e. The summed E-state index contributed by atoms with van der Waals surface area (Å²) in [7, 11) is 0. The number of benzene rings is 1. The number of nitrogens with one attached hydrogen (secondary N) is 1. The Morgan fingerprint density at radius 2 is 2.05 bits per heavy atom. The second kappa shape index (κ2) is 7.04. The Hall–Kier alpha value is -2.41. The summed E-state index contributed by atoms with van der Waals surface area (Å²) in [5, 5.41) is 13.3. The van der Waals surface area contributed by atoms with Crippen LogP contribution in [0.4, 0.5) is 5.69 Å². The number of anilines is 1. The van der Waals surface area contributed by atoms with Crippen LogP contribution in [0.2, 0.25) is 0 Å². The third kappa shape index (κ3) is 4.05. The monoisotopic (exact) mass is 320 g/mol. The predicted octanol–water partition coefficient (Wildman–Crippen LogP) is 1.87. The van der Waals surface area contributed by atoms with Gasteiger partial charge in [0.25, 0.3) is 0 Å². The van der Waals surface area contributed by atoms with Gasteiger partial charge in [-0.15, -0.1) is 0 Å². The molecule has 2 rings (SSSR count). The lowest BCUT2D eigenvalue weighted by Gasteiger charge is -2.10. The topological polar surface area (TPSA) is 88.4 Å². The van der Waals surface area contributed by atoms with Crippen molar-refractivity contribution < 1.29 is 14.7 Å². The maximum atomic E-state index is 12.0. The molecule has 0 spiro atoms. The number of aliphatic carboxylic acids is 1. The third-order valence-electron chi connectivity index (χ3n) is 3.17. The second-order valence-corrected chi connectivity index (χ2v) is 5.64. The van der Waals surface area contributed by atoms with Crippen LogP contribution in [0.15, 0.2) is 34.4 Å². The van der Waals surface area contributed by atoms with Crippen LogP contribution in [-0.4, -0.2) is 21.6 Å². The van der Waals surface area contributed by atoms with Gasteiger partial charge in [-0.2, -0.15) is 0 Å². The van der Waals surface area contributed by atoms with Gasteiger partial charge in [0.1, 0.15) is 0 Å². The summed E-state index contributed by atoms with van der Waals surface area (Å²) in [4.78, 5) is 34.3. The molecule has 0 unspecified atom stereocenters. The molecule has 0 saturated carbocycles. The smallest absolute Gasteiger partial charge is 0.307 e. The fourth-order valence-electron chi connectivity index (χ4n) is 2.06. The molecule has 0 fully saturated rings. The molecule has 0 aliphatic rings. The number of carboxylic acids is 1. The first kappa shape index (κ1) is 16.0. The van der Waals surface area contributed by atoms with Gasteiger partial charge < -0.3 is 15.0 Å². The number of para-hydroxylation sites is 1. The van der Waals surface area contributed by atoms with Crippen LogP contribution in [0.1, 0.15) is 17.7 Å². The molecule has 0 bridgehead atoms. The predicted molar refractivity (Wildman–Crippen MR) is 84.3 cm³/mol. The Kier molecular flexibility index (Phi) is 5.11. The summed E-state index contributed by atoms with van der Waals surface area (Å²) >= 11 is 1.11. The van der Waals surface area contributed by atoms with Crippen LogP contribution in [0, 0.1) is 6.92 Å². The first-order valence-corrected chi connectivity index (χ1v) is 7.60. The molecule has 6 nitrogen and oxygen atoms in total. The third-order valence-corrected chi connectivity index (χ3v) is 4.05. The van der Waals surface area contributed by atoms with Crippen molar-refractivity contribution >= 4 is 28.9 Å². The van der Waals surface area contributed by atoms with E-state index < -0.39 is 5.97 Å². The lowest BCUT2D eigenvalue weighted by molar-refractivity contribution is -0.136. The zero-order chi connectivity index (χ0) is 16.1. The number of carbonyl (C=O) groups is 2. The number of thiazole rings is 1. The van der Waals surface area contributed by atoms with E-state index in [2.05, 4.69) is 5.32 Å². The van der Waals surface area contributed by atoms with Gasteiger partial charge in [0.2, 0.25) is 5.91 Å². The molecule has 1 aromatic heterocycles. The van der Waals surface area contributed by atoms with E-state index in [1.165, 1.54) is 0 Å². The van der Waals surface area contributed by atoms with Crippen molar-refractivity contribution in [2.24, 2.45) is 0 Å². The molecule has 1 aromatic carbocycles. The van der Waals surface area contributed by atoms with Crippen molar-refractivity contribution in [3.63, 3.8) is 0 Å². The van der Waals surface area contributed by atoms with E-state index in [9.17, 15) is 14.4 Å². The Balaban J connectivity index is 2.01. The van der Waals surface area contributed by atoms with Gasteiger partial charge in [0, 0.05) is 29.7 Å². The van der Waals surface area contributed by atoms with Crippen molar-refractivity contribution in [1.82, 2.24) is 4.57 Å². The molecular weight excluding hydrogens is 304 g/mol. The summed E-state index contributed by atoms with van der Waals surface area (Å²) < 4.78 is 1.55. The summed E-state index contributed by atoms with van der Waals surface area (Å²) in [6.07, 6.45) is -0.00155. The van der Waals surface area contributed by atoms with E-state index in [-0.39, 0.29) is 23.6 Å². The van der Waals surface area contributed by atoms with E-state index in [0.29, 0.717) is 17.8 Å². The number of amides is 1. The van der Waals surface area contributed by atoms with E-state index in [0.717, 1.165) is 17.0 Å². The van der Waals surface area contributed by atoms with Crippen LogP contribution in [0.25, 0.3) is 0 Å². The molecular formula is C15H16N2O4S. The van der Waals surface area contributed by atoms with E-state index in [1.54, 1.807) is 34.2 Å². The fraction of sp³-hybridized carbons (Fsp3) is 0.267. The average molecular weight is 320 g/mol. The highest BCUT2D eigenvalue weighted by atomic mass is 32.1. The molecule has 2 N–H and O–H groups in total. The summed E-state index contributed by atoms with van der Waals surface area (Å²) in [6, 6.07) is 6.78. The number of carbonyl (C=O) groups excluding carboxylic acids is 1. The van der Waals surface area contributed by atoms with Crippen LogP contribution in [-0.2, 0) is 22.6 Å². The molecule has 2 aromatic rings. The van der Waals surface area contributed by atoms with Crippen molar-refractivity contribution in [1.29, 1.82) is 0 Å². The maximum Gasteiger partial charge on any atom is 0.307 e. The number of hydrogen-bond donors (Lipinski definition) is 2. The first-order chi connectivity index (χ1) is 10.5. The van der Waals surface area contributed by atoms with Crippen molar-refractivity contribution in [3.8, 4) is 0 Å². The number of nitrogens with zero attached hydrogens (tertiary/aromatic N) is 1.